The fraction of sp³-hybridized carbons (Fsp3) is 0. The van der Waals surface area contributed by atoms with Gasteiger partial charge in [0.1, 0.15) is 30.9 Å². The van der Waals surface area contributed by atoms with Gasteiger partial charge in [-0.3, -0.25) is 0 Å². The maximum Gasteiger partial charge on any atom is 0.564 e. The first kappa shape index (κ1) is 15.0. The molecule has 0 amide bonds. The Morgan fingerprint density at radius 2 is 1.38 bits per heavy atom. The van der Waals surface area contributed by atoms with Crippen LogP contribution in [0.5, 0.6) is 0 Å². The van der Waals surface area contributed by atoms with E-state index in [0.29, 0.717) is 16.3 Å². The van der Waals surface area contributed by atoms with E-state index >= 15 is 0 Å². The summed E-state index contributed by atoms with van der Waals surface area (Å²) in [6, 6.07) is 14.7. The van der Waals surface area contributed by atoms with Gasteiger partial charge in [0.05, 0.1) is 11.0 Å². The first-order valence-corrected chi connectivity index (χ1v) is 7.46. The molecule has 116 valence electrons. The summed E-state index contributed by atoms with van der Waals surface area (Å²) >= 11 is 0. The summed E-state index contributed by atoms with van der Waals surface area (Å²) in [7, 11) is 0. The van der Waals surface area contributed by atoms with Crippen molar-refractivity contribution in [1.82, 2.24) is 9.97 Å². The third-order valence-corrected chi connectivity index (χ3v) is 4.18. The average Bonchev–Trinajstić information content (AvgIpc) is 2.67. The number of hydrogen-bond acceptors (Lipinski definition) is 4. The van der Waals surface area contributed by atoms with Crippen molar-refractivity contribution in [3.63, 3.8) is 0 Å². The van der Waals surface area contributed by atoms with Gasteiger partial charge in [-0.2, -0.15) is 20.2 Å². The fourth-order valence-electron chi connectivity index (χ4n) is 3.09. The quantitative estimate of drug-likeness (QED) is 0.366. The summed E-state index contributed by atoms with van der Waals surface area (Å²) in [4.78, 5) is 15.1. The second kappa shape index (κ2) is 5.53. The van der Waals surface area contributed by atoms with Crippen LogP contribution in [-0.4, -0.2) is 9.97 Å². The van der Waals surface area contributed by atoms with E-state index in [9.17, 15) is 0 Å². The van der Waals surface area contributed by atoms with E-state index in [0.717, 1.165) is 21.5 Å². The van der Waals surface area contributed by atoms with Gasteiger partial charge in [0.25, 0.3) is 0 Å². The molecule has 0 unspecified atom stereocenters. The summed E-state index contributed by atoms with van der Waals surface area (Å²) in [6.45, 7) is 14.2. The second-order valence-corrected chi connectivity index (χ2v) is 5.53. The van der Waals surface area contributed by atoms with Crippen LogP contribution in [0.1, 0.15) is 0 Å². The Kier molecular flexibility index (Phi) is 3.20. The molecule has 4 rings (SSSR count). The van der Waals surface area contributed by atoms with Crippen molar-refractivity contribution in [3.05, 3.63) is 69.9 Å². The van der Waals surface area contributed by atoms with Crippen LogP contribution in [0.2, 0.25) is 0 Å². The van der Waals surface area contributed by atoms with E-state index in [4.69, 9.17) is 23.7 Å². The Morgan fingerprint density at radius 3 is 1.85 bits per heavy atom. The lowest BCUT2D eigenvalue weighted by molar-refractivity contribution is 1.16. The van der Waals surface area contributed by atoms with Crippen molar-refractivity contribution in [1.29, 1.82) is 10.5 Å². The predicted molar refractivity (Wildman–Crippen MR) is 96.2 cm³/mol. The molecule has 1 aromatic heterocycles. The predicted octanol–water partition coefficient (Wildman–Crippen LogP) is 2.48. The van der Waals surface area contributed by atoms with Crippen molar-refractivity contribution < 1.29 is 0 Å². The Labute approximate surface area is 147 Å². The zero-order valence-corrected chi connectivity index (χ0v) is 13.1. The van der Waals surface area contributed by atoms with E-state index in [1.54, 1.807) is 24.3 Å². The van der Waals surface area contributed by atoms with E-state index in [1.807, 2.05) is 24.3 Å². The highest BCUT2D eigenvalue weighted by atomic mass is 15.0. The van der Waals surface area contributed by atoms with Crippen LogP contribution in [0.4, 0.5) is 0 Å². The summed E-state index contributed by atoms with van der Waals surface area (Å²) in [6.07, 6.45) is 0. The standard InChI is InChI=1S/C20H6N6/c1-23-19(24-2)20-25-15-5-3-11-7-13(14(9-21)10-22)8-12-4-6-16(26-20)18(15)17(11)12/h3-8H. The molecular formula is C20H6N6. The van der Waals surface area contributed by atoms with Gasteiger partial charge in [-0.15, -0.1) is 0 Å². The van der Waals surface area contributed by atoms with Crippen molar-refractivity contribution in [2.45, 2.75) is 0 Å². The van der Waals surface area contributed by atoms with E-state index < -0.39 is 0 Å². The van der Waals surface area contributed by atoms with Gasteiger partial charge in [-0.05, 0) is 35.0 Å². The number of aromatic nitrogens is 2. The number of hydrogen-bond donors (Lipinski definition) is 0. The molecular weight excluding hydrogens is 324 g/mol. The van der Waals surface area contributed by atoms with Gasteiger partial charge in [-0.25, -0.2) is 9.97 Å². The lowest BCUT2D eigenvalue weighted by atomic mass is 9.97. The third-order valence-electron chi connectivity index (χ3n) is 4.18. The molecule has 6 nitrogen and oxygen atoms in total. The van der Waals surface area contributed by atoms with Crippen LogP contribution < -0.4 is 10.7 Å². The Hall–Kier alpha value is -4.52. The Bertz CT molecular complexity index is 1300. The maximum atomic E-state index is 9.13. The number of nitriles is 2. The maximum absolute atomic E-state index is 9.13. The topological polar surface area (TPSA) is 82.1 Å². The molecule has 0 bridgehead atoms. The normalized spacial score (nSPS) is 10.2. The molecule has 0 aliphatic rings. The molecule has 6 heteroatoms. The van der Waals surface area contributed by atoms with Crippen LogP contribution in [0.15, 0.2) is 36.4 Å². The molecule has 0 N–H and O–H groups in total. The van der Waals surface area contributed by atoms with Crippen molar-refractivity contribution in [2.24, 2.45) is 0 Å². The molecule has 0 spiro atoms. The first-order chi connectivity index (χ1) is 12.7. The van der Waals surface area contributed by atoms with Crippen molar-refractivity contribution in [3.8, 4) is 12.1 Å². The second-order valence-electron chi connectivity index (χ2n) is 5.53. The Balaban J connectivity index is 2.26. The molecule has 0 saturated carbocycles. The summed E-state index contributed by atoms with van der Waals surface area (Å²) < 4.78 is 0. The van der Waals surface area contributed by atoms with Gasteiger partial charge in [0, 0.05) is 16.0 Å². The summed E-state index contributed by atoms with van der Waals surface area (Å²) in [5.41, 5.74) is 1.46. The molecule has 1 heterocycles. The molecule has 0 saturated heterocycles. The third kappa shape index (κ3) is 2.01. The first-order valence-electron chi connectivity index (χ1n) is 7.46. The van der Waals surface area contributed by atoms with Gasteiger partial charge >= 0.3 is 5.82 Å². The van der Waals surface area contributed by atoms with Gasteiger partial charge in [0.2, 0.25) is 5.48 Å². The minimum atomic E-state index is -0.167. The van der Waals surface area contributed by atoms with Crippen molar-refractivity contribution >= 4 is 44.0 Å². The molecule has 26 heavy (non-hydrogen) atoms. The smallest absolute Gasteiger partial charge is 0.233 e. The highest BCUT2D eigenvalue weighted by Crippen LogP contribution is 2.31. The molecule has 0 atom stereocenters. The molecule has 0 fully saturated rings. The molecule has 3 aromatic carbocycles. The van der Waals surface area contributed by atoms with E-state index in [-0.39, 0.29) is 16.9 Å². The number of benzene rings is 3. The highest BCUT2D eigenvalue weighted by Gasteiger charge is 2.14. The molecule has 0 radical (unpaired) electrons. The largest absolute Gasteiger partial charge is 0.564 e. The minimum Gasteiger partial charge on any atom is -0.233 e. The molecule has 4 aromatic rings. The SMILES string of the molecule is [C-]#[N+]C([N+]#[C-])=c1nc2ccc3cc(=C(C#N)C#N)cc4ccc(n1)c2c34. The molecule has 0 aliphatic heterocycles. The lowest BCUT2D eigenvalue weighted by Gasteiger charge is -2.09. The monoisotopic (exact) mass is 330 g/mol. The zero-order valence-electron chi connectivity index (χ0n) is 13.1. The van der Waals surface area contributed by atoms with Gasteiger partial charge in [0.15, 0.2) is 0 Å². The van der Waals surface area contributed by atoms with Gasteiger partial charge in [-0.1, -0.05) is 12.1 Å². The van der Waals surface area contributed by atoms with E-state index in [2.05, 4.69) is 19.7 Å². The van der Waals surface area contributed by atoms with Crippen LogP contribution in [-0.2, 0) is 0 Å². The van der Waals surface area contributed by atoms with Crippen LogP contribution in [0.3, 0.4) is 0 Å². The number of rotatable bonds is 0. The highest BCUT2D eigenvalue weighted by molar-refractivity contribution is 6.21. The zero-order chi connectivity index (χ0) is 18.3. The van der Waals surface area contributed by atoms with Crippen molar-refractivity contribution in [2.75, 3.05) is 0 Å². The van der Waals surface area contributed by atoms with Crippen LogP contribution in [0, 0.1) is 35.8 Å². The summed E-state index contributed by atoms with van der Waals surface area (Å²) in [5, 5.41) is 22.3. The lowest BCUT2D eigenvalue weighted by Crippen LogP contribution is -2.14. The van der Waals surface area contributed by atoms with E-state index in [1.165, 1.54) is 0 Å². The fourth-order valence-corrected chi connectivity index (χ4v) is 3.09. The summed E-state index contributed by atoms with van der Waals surface area (Å²) in [5.74, 6) is -0.167. The van der Waals surface area contributed by atoms with Gasteiger partial charge < -0.3 is 0 Å². The Morgan fingerprint density at radius 1 is 0.846 bits per heavy atom. The van der Waals surface area contributed by atoms with Crippen LogP contribution >= 0.6 is 0 Å². The van der Waals surface area contributed by atoms with Crippen LogP contribution in [0.25, 0.3) is 53.7 Å². The average molecular weight is 330 g/mol. The molecule has 0 aliphatic carbocycles. The minimum absolute atomic E-state index is 0.0578. The number of nitrogens with zero attached hydrogens (tertiary/aromatic N) is 6.